The lowest BCUT2D eigenvalue weighted by molar-refractivity contribution is -0.00540. The summed E-state index contributed by atoms with van der Waals surface area (Å²) in [5.74, 6) is 0. The summed E-state index contributed by atoms with van der Waals surface area (Å²) in [7, 11) is 0. The van der Waals surface area contributed by atoms with Crippen molar-refractivity contribution in [1.29, 1.82) is 0 Å². The molecule has 2 heteroatoms. The molecule has 0 aliphatic rings. The van der Waals surface area contributed by atoms with Crippen molar-refractivity contribution in [2.24, 2.45) is 0 Å². The second kappa shape index (κ2) is 7.55. The molecule has 0 amide bonds. The van der Waals surface area contributed by atoms with Crippen LogP contribution in [0.5, 0.6) is 0 Å². The van der Waals surface area contributed by atoms with Crippen LogP contribution in [0.3, 0.4) is 0 Å². The highest BCUT2D eigenvalue weighted by atomic mass is 16.5. The first-order chi connectivity index (χ1) is 8.52. The Morgan fingerprint density at radius 2 is 1.94 bits per heavy atom. The van der Waals surface area contributed by atoms with E-state index in [9.17, 15) is 0 Å². The standard InChI is InChI=1S/C16H27NO/c1-6-14(5)18-16(11-17-12(2)3)15-9-7-8-13(4)10-15/h7-10,12,14,16-17H,6,11H2,1-5H3. The molecular weight excluding hydrogens is 222 g/mol. The van der Waals surface area contributed by atoms with Gasteiger partial charge in [-0.25, -0.2) is 0 Å². The zero-order chi connectivity index (χ0) is 13.5. The summed E-state index contributed by atoms with van der Waals surface area (Å²) in [6, 6.07) is 9.09. The fourth-order valence-electron chi connectivity index (χ4n) is 1.83. The smallest absolute Gasteiger partial charge is 0.0953 e. The summed E-state index contributed by atoms with van der Waals surface area (Å²) in [5, 5.41) is 3.47. The van der Waals surface area contributed by atoms with E-state index in [2.05, 4.69) is 64.2 Å². The molecule has 2 atom stereocenters. The van der Waals surface area contributed by atoms with Gasteiger partial charge in [0.15, 0.2) is 0 Å². The summed E-state index contributed by atoms with van der Waals surface area (Å²) in [6.45, 7) is 11.6. The number of hydrogen-bond acceptors (Lipinski definition) is 2. The molecule has 0 aliphatic heterocycles. The molecule has 1 N–H and O–H groups in total. The molecule has 102 valence electrons. The molecule has 0 spiro atoms. The lowest BCUT2D eigenvalue weighted by Crippen LogP contribution is -2.30. The zero-order valence-electron chi connectivity index (χ0n) is 12.4. The molecule has 1 aromatic rings. The van der Waals surface area contributed by atoms with Crippen LogP contribution in [0.15, 0.2) is 24.3 Å². The lowest BCUT2D eigenvalue weighted by Gasteiger charge is -2.24. The van der Waals surface area contributed by atoms with Gasteiger partial charge < -0.3 is 10.1 Å². The van der Waals surface area contributed by atoms with E-state index in [1.54, 1.807) is 0 Å². The molecule has 0 saturated carbocycles. The predicted octanol–water partition coefficient (Wildman–Crippen LogP) is 3.85. The number of aryl methyl sites for hydroxylation is 1. The summed E-state index contributed by atoms with van der Waals surface area (Å²) in [4.78, 5) is 0. The molecule has 1 rings (SSSR count). The van der Waals surface area contributed by atoms with Gasteiger partial charge in [-0.15, -0.1) is 0 Å². The van der Waals surface area contributed by atoms with Crippen molar-refractivity contribution in [3.8, 4) is 0 Å². The van der Waals surface area contributed by atoms with E-state index in [0.29, 0.717) is 12.1 Å². The average molecular weight is 249 g/mol. The Balaban J connectivity index is 2.75. The van der Waals surface area contributed by atoms with Gasteiger partial charge in [0.25, 0.3) is 0 Å². The first-order valence-electron chi connectivity index (χ1n) is 6.98. The molecular formula is C16H27NO. The van der Waals surface area contributed by atoms with Crippen molar-refractivity contribution in [3.05, 3.63) is 35.4 Å². The summed E-state index contributed by atoms with van der Waals surface area (Å²) in [5.41, 5.74) is 2.55. The maximum Gasteiger partial charge on any atom is 0.0953 e. The van der Waals surface area contributed by atoms with Crippen LogP contribution in [0.1, 0.15) is 51.3 Å². The van der Waals surface area contributed by atoms with E-state index >= 15 is 0 Å². The third kappa shape index (κ3) is 5.19. The van der Waals surface area contributed by atoms with Crippen molar-refractivity contribution in [2.75, 3.05) is 6.54 Å². The molecule has 0 aliphatic carbocycles. The van der Waals surface area contributed by atoms with Gasteiger partial charge in [-0.05, 0) is 25.8 Å². The Morgan fingerprint density at radius 3 is 2.50 bits per heavy atom. The molecule has 0 aromatic heterocycles. The van der Waals surface area contributed by atoms with E-state index in [0.717, 1.165) is 13.0 Å². The number of ether oxygens (including phenoxy) is 1. The maximum atomic E-state index is 6.13. The van der Waals surface area contributed by atoms with Gasteiger partial charge in [-0.3, -0.25) is 0 Å². The molecule has 18 heavy (non-hydrogen) atoms. The van der Waals surface area contributed by atoms with E-state index in [1.165, 1.54) is 11.1 Å². The minimum atomic E-state index is 0.141. The van der Waals surface area contributed by atoms with Crippen molar-refractivity contribution in [1.82, 2.24) is 5.32 Å². The number of nitrogens with one attached hydrogen (secondary N) is 1. The van der Waals surface area contributed by atoms with E-state index in [1.807, 2.05) is 0 Å². The lowest BCUT2D eigenvalue weighted by atomic mass is 10.1. The van der Waals surface area contributed by atoms with E-state index in [4.69, 9.17) is 4.74 Å². The first-order valence-corrected chi connectivity index (χ1v) is 6.98. The topological polar surface area (TPSA) is 21.3 Å². The monoisotopic (exact) mass is 249 g/mol. The highest BCUT2D eigenvalue weighted by Crippen LogP contribution is 2.20. The zero-order valence-corrected chi connectivity index (χ0v) is 12.4. The Bertz CT molecular complexity index is 349. The second-order valence-electron chi connectivity index (χ2n) is 5.32. The number of benzene rings is 1. The number of rotatable bonds is 7. The third-order valence-corrected chi connectivity index (χ3v) is 3.10. The SMILES string of the molecule is CCC(C)OC(CNC(C)C)c1cccc(C)c1. The Morgan fingerprint density at radius 1 is 1.22 bits per heavy atom. The van der Waals surface area contributed by atoms with Gasteiger partial charge in [-0.1, -0.05) is 50.6 Å². The molecule has 0 saturated heterocycles. The molecule has 1 aromatic carbocycles. The average Bonchev–Trinajstić information content (AvgIpc) is 2.33. The van der Waals surface area contributed by atoms with Crippen LogP contribution in [0, 0.1) is 6.92 Å². The van der Waals surface area contributed by atoms with Gasteiger partial charge in [-0.2, -0.15) is 0 Å². The van der Waals surface area contributed by atoms with Crippen molar-refractivity contribution < 1.29 is 4.74 Å². The fourth-order valence-corrected chi connectivity index (χ4v) is 1.83. The molecule has 2 nitrogen and oxygen atoms in total. The molecule has 0 bridgehead atoms. The fraction of sp³-hybridized carbons (Fsp3) is 0.625. The van der Waals surface area contributed by atoms with Gasteiger partial charge in [0, 0.05) is 12.6 Å². The third-order valence-electron chi connectivity index (χ3n) is 3.10. The Labute approximate surface area is 112 Å². The van der Waals surface area contributed by atoms with Crippen LogP contribution in [-0.4, -0.2) is 18.7 Å². The van der Waals surface area contributed by atoms with Crippen LogP contribution in [0.2, 0.25) is 0 Å². The molecule has 2 unspecified atom stereocenters. The van der Waals surface area contributed by atoms with Crippen LogP contribution in [0.25, 0.3) is 0 Å². The number of hydrogen-bond donors (Lipinski definition) is 1. The summed E-state index contributed by atoms with van der Waals surface area (Å²) < 4.78 is 6.13. The Kier molecular flexibility index (Phi) is 6.37. The van der Waals surface area contributed by atoms with Crippen molar-refractivity contribution in [2.45, 2.75) is 59.3 Å². The van der Waals surface area contributed by atoms with Gasteiger partial charge in [0.05, 0.1) is 12.2 Å². The summed E-state index contributed by atoms with van der Waals surface area (Å²) in [6.07, 6.45) is 1.48. The van der Waals surface area contributed by atoms with Gasteiger partial charge >= 0.3 is 0 Å². The van der Waals surface area contributed by atoms with E-state index < -0.39 is 0 Å². The first kappa shape index (κ1) is 15.2. The highest BCUT2D eigenvalue weighted by Gasteiger charge is 2.15. The highest BCUT2D eigenvalue weighted by molar-refractivity contribution is 5.24. The minimum Gasteiger partial charge on any atom is -0.369 e. The van der Waals surface area contributed by atoms with Crippen LogP contribution >= 0.6 is 0 Å². The summed E-state index contributed by atoms with van der Waals surface area (Å²) >= 11 is 0. The van der Waals surface area contributed by atoms with E-state index in [-0.39, 0.29) is 6.10 Å². The Hall–Kier alpha value is -0.860. The second-order valence-corrected chi connectivity index (χ2v) is 5.32. The van der Waals surface area contributed by atoms with Crippen LogP contribution in [-0.2, 0) is 4.74 Å². The predicted molar refractivity (Wildman–Crippen MR) is 77.9 cm³/mol. The quantitative estimate of drug-likeness (QED) is 0.792. The van der Waals surface area contributed by atoms with Crippen molar-refractivity contribution >= 4 is 0 Å². The van der Waals surface area contributed by atoms with Crippen LogP contribution in [0.4, 0.5) is 0 Å². The normalized spacial score (nSPS) is 14.8. The molecule has 0 radical (unpaired) electrons. The maximum absolute atomic E-state index is 6.13. The minimum absolute atomic E-state index is 0.141. The molecule has 0 fully saturated rings. The van der Waals surface area contributed by atoms with Gasteiger partial charge in [0.2, 0.25) is 0 Å². The van der Waals surface area contributed by atoms with Crippen LogP contribution < -0.4 is 5.32 Å². The van der Waals surface area contributed by atoms with Crippen molar-refractivity contribution in [3.63, 3.8) is 0 Å². The van der Waals surface area contributed by atoms with Gasteiger partial charge in [0.1, 0.15) is 0 Å². The largest absolute Gasteiger partial charge is 0.369 e. The molecule has 0 heterocycles.